The van der Waals surface area contributed by atoms with Gasteiger partial charge in [0, 0.05) is 0 Å². The van der Waals surface area contributed by atoms with Crippen LogP contribution in [0.1, 0.15) is 206 Å². The quantitative estimate of drug-likeness (QED) is 0.0175. The van der Waals surface area contributed by atoms with Crippen molar-refractivity contribution >= 4 is 16.3 Å². The maximum Gasteiger partial charge on any atom is 0.397 e. The first-order chi connectivity index (χ1) is 29.4. The minimum atomic E-state index is -5.12. The van der Waals surface area contributed by atoms with E-state index in [1.54, 1.807) is 0 Å². The summed E-state index contributed by atoms with van der Waals surface area (Å²) in [7, 11) is -5.12. The smallest absolute Gasteiger partial charge is 0.394 e. The van der Waals surface area contributed by atoms with Crippen LogP contribution in [0.15, 0.2) is 24.3 Å². The number of hydrogen-bond acceptors (Lipinski definition) is 11. The molecule has 13 nitrogen and oxygen atoms in total. The van der Waals surface area contributed by atoms with E-state index < -0.39 is 78.5 Å². The summed E-state index contributed by atoms with van der Waals surface area (Å²) >= 11 is 0. The van der Waals surface area contributed by atoms with Crippen molar-refractivity contribution in [2.45, 2.75) is 255 Å². The second kappa shape index (κ2) is 37.9. The largest absolute Gasteiger partial charge is 0.397 e. The van der Waals surface area contributed by atoms with Crippen LogP contribution >= 0.6 is 0 Å². The standard InChI is InChI=1S/C47H89NO12S/c1-3-5-7-9-11-13-15-17-19-20-21-22-24-26-28-30-32-34-36-41(51)46(54)48-39(38-58-47-44(53)45(60-61(55,56)57)43(52)42(37-49)59-47)40(50)35-33-31-29-27-25-23-18-16-14-12-10-8-6-4-2/h20-21,33,35,39-45,47,49-53H,3-19,22-32,34,36-38H2,1-2H3,(H,48,54)(H,55,56,57)/b21-20-,35-33+. The van der Waals surface area contributed by atoms with Crippen molar-refractivity contribution in [3.05, 3.63) is 24.3 Å². The lowest BCUT2D eigenvalue weighted by molar-refractivity contribution is -0.298. The van der Waals surface area contributed by atoms with Gasteiger partial charge >= 0.3 is 10.4 Å². The molecule has 1 heterocycles. The summed E-state index contributed by atoms with van der Waals surface area (Å²) in [5, 5.41) is 55.2. The van der Waals surface area contributed by atoms with Crippen molar-refractivity contribution in [3.8, 4) is 0 Å². The Balaban J connectivity index is 2.55. The van der Waals surface area contributed by atoms with Crippen molar-refractivity contribution in [2.24, 2.45) is 0 Å². The van der Waals surface area contributed by atoms with E-state index >= 15 is 0 Å². The van der Waals surface area contributed by atoms with Crippen LogP contribution in [-0.2, 0) is 28.9 Å². The lowest BCUT2D eigenvalue weighted by Crippen LogP contribution is -2.61. The number of ether oxygens (including phenoxy) is 2. The zero-order chi connectivity index (χ0) is 45.0. The van der Waals surface area contributed by atoms with Gasteiger partial charge in [-0.25, -0.2) is 4.18 Å². The Labute approximate surface area is 370 Å². The Bertz CT molecular complexity index is 1200. The molecule has 0 aromatic rings. The molecule has 0 aliphatic carbocycles. The number of unbranched alkanes of at least 4 members (excludes halogenated alkanes) is 26. The SMILES string of the molecule is CCCCCCCCCC/C=C\CCCCCCCCC(O)C(=O)NC(COC1OC(CO)C(O)C(OS(=O)(=O)O)C1O)C(O)/C=C/CCCCCCCCCCCCCC. The Morgan fingerprint density at radius 2 is 1.08 bits per heavy atom. The van der Waals surface area contributed by atoms with Crippen LogP contribution in [0.25, 0.3) is 0 Å². The molecule has 1 saturated heterocycles. The minimum absolute atomic E-state index is 0.237. The van der Waals surface area contributed by atoms with Gasteiger partial charge in [0.2, 0.25) is 5.91 Å². The maximum absolute atomic E-state index is 13.1. The number of carbonyl (C=O) groups is 1. The fourth-order valence-electron chi connectivity index (χ4n) is 7.69. The Kier molecular flexibility index (Phi) is 35.7. The van der Waals surface area contributed by atoms with Crippen LogP contribution in [0.4, 0.5) is 0 Å². The zero-order valence-electron chi connectivity index (χ0n) is 38.1. The number of allylic oxidation sites excluding steroid dienone is 3. The van der Waals surface area contributed by atoms with Crippen LogP contribution in [-0.4, -0.2) is 107 Å². The molecule has 0 aromatic heterocycles. The van der Waals surface area contributed by atoms with Gasteiger partial charge in [0.25, 0.3) is 0 Å². The van der Waals surface area contributed by atoms with E-state index in [4.69, 9.17) is 9.47 Å². The molecule has 0 spiro atoms. The van der Waals surface area contributed by atoms with E-state index in [1.807, 2.05) is 6.08 Å². The van der Waals surface area contributed by atoms with Crippen molar-refractivity contribution in [3.63, 3.8) is 0 Å². The molecule has 0 aromatic carbocycles. The van der Waals surface area contributed by atoms with Gasteiger partial charge in [-0.2, -0.15) is 8.42 Å². The van der Waals surface area contributed by atoms with Crippen LogP contribution < -0.4 is 5.32 Å². The molecule has 0 saturated carbocycles. The molecule has 7 N–H and O–H groups in total. The van der Waals surface area contributed by atoms with Crippen molar-refractivity contribution in [1.29, 1.82) is 0 Å². The van der Waals surface area contributed by atoms with E-state index in [0.717, 1.165) is 64.2 Å². The first-order valence-corrected chi connectivity index (χ1v) is 25.7. The highest BCUT2D eigenvalue weighted by Crippen LogP contribution is 2.26. The second-order valence-electron chi connectivity index (χ2n) is 17.2. The molecule has 1 aliphatic rings. The van der Waals surface area contributed by atoms with Crippen LogP contribution in [0, 0.1) is 0 Å². The summed E-state index contributed by atoms with van der Waals surface area (Å²) in [5.41, 5.74) is 0. The summed E-state index contributed by atoms with van der Waals surface area (Å²) in [6, 6.07) is -1.12. The molecule has 14 heteroatoms. The molecule has 1 fully saturated rings. The van der Waals surface area contributed by atoms with E-state index in [0.29, 0.717) is 12.8 Å². The topological polar surface area (TPSA) is 212 Å². The van der Waals surface area contributed by atoms with Crippen LogP contribution in [0.3, 0.4) is 0 Å². The third kappa shape index (κ3) is 30.3. The normalized spacial score (nSPS) is 21.3. The number of amides is 1. The first kappa shape index (κ1) is 57.6. The fraction of sp³-hybridized carbons (Fsp3) is 0.894. The van der Waals surface area contributed by atoms with Crippen molar-refractivity contribution in [1.82, 2.24) is 5.32 Å². The number of aliphatic hydroxyl groups is 5. The predicted octanol–water partition coefficient (Wildman–Crippen LogP) is 8.69. The van der Waals surface area contributed by atoms with E-state index in [1.165, 1.54) is 115 Å². The van der Waals surface area contributed by atoms with Gasteiger partial charge in [0.1, 0.15) is 30.5 Å². The Morgan fingerprint density at radius 3 is 1.52 bits per heavy atom. The molecule has 8 atom stereocenters. The molecule has 360 valence electrons. The number of nitrogens with one attached hydrogen (secondary N) is 1. The predicted molar refractivity (Wildman–Crippen MR) is 242 cm³/mol. The van der Waals surface area contributed by atoms with Gasteiger partial charge in [-0.15, -0.1) is 0 Å². The number of hydrogen-bond donors (Lipinski definition) is 7. The van der Waals surface area contributed by atoms with E-state index in [2.05, 4.69) is 35.5 Å². The summed E-state index contributed by atoms with van der Waals surface area (Å²) < 4.78 is 47.5. The molecular formula is C47H89NO12S. The van der Waals surface area contributed by atoms with Gasteiger partial charge in [-0.3, -0.25) is 9.35 Å². The highest BCUT2D eigenvalue weighted by atomic mass is 32.3. The summed E-state index contributed by atoms with van der Waals surface area (Å²) in [6.07, 6.45) is 31.1. The second-order valence-corrected chi connectivity index (χ2v) is 18.2. The van der Waals surface area contributed by atoms with Gasteiger partial charge < -0.3 is 40.3 Å². The molecule has 1 aliphatic heterocycles. The van der Waals surface area contributed by atoms with Gasteiger partial charge in [0.15, 0.2) is 6.29 Å². The summed E-state index contributed by atoms with van der Waals surface area (Å²) in [4.78, 5) is 13.1. The highest BCUT2D eigenvalue weighted by molar-refractivity contribution is 7.80. The average molecular weight is 892 g/mol. The van der Waals surface area contributed by atoms with E-state index in [9.17, 15) is 43.3 Å². The van der Waals surface area contributed by atoms with Crippen molar-refractivity contribution < 1.29 is 57.0 Å². The molecular weight excluding hydrogens is 803 g/mol. The third-order valence-corrected chi connectivity index (χ3v) is 12.0. The highest BCUT2D eigenvalue weighted by Gasteiger charge is 2.48. The average Bonchev–Trinajstić information content (AvgIpc) is 3.23. The Morgan fingerprint density at radius 1 is 0.656 bits per heavy atom. The summed E-state index contributed by atoms with van der Waals surface area (Å²) in [6.45, 7) is 3.22. The van der Waals surface area contributed by atoms with E-state index in [-0.39, 0.29) is 6.42 Å². The third-order valence-electron chi connectivity index (χ3n) is 11.6. The lowest BCUT2D eigenvalue weighted by atomic mass is 9.99. The van der Waals surface area contributed by atoms with Crippen LogP contribution in [0.5, 0.6) is 0 Å². The zero-order valence-corrected chi connectivity index (χ0v) is 38.9. The Hall–Kier alpha value is -1.46. The van der Waals surface area contributed by atoms with Gasteiger partial charge in [0.05, 0.1) is 25.4 Å². The number of rotatable bonds is 41. The fourth-order valence-corrected chi connectivity index (χ4v) is 8.20. The van der Waals surface area contributed by atoms with Gasteiger partial charge in [-0.1, -0.05) is 186 Å². The molecule has 1 amide bonds. The lowest BCUT2D eigenvalue weighted by Gasteiger charge is -2.41. The molecule has 61 heavy (non-hydrogen) atoms. The minimum Gasteiger partial charge on any atom is -0.394 e. The number of carbonyl (C=O) groups excluding carboxylic acids is 1. The molecule has 1 rings (SSSR count). The molecule has 8 unspecified atom stereocenters. The van der Waals surface area contributed by atoms with Gasteiger partial charge in [-0.05, 0) is 44.9 Å². The monoisotopic (exact) mass is 892 g/mol. The number of aliphatic hydroxyl groups excluding tert-OH is 5. The molecule has 0 bridgehead atoms. The summed E-state index contributed by atoms with van der Waals surface area (Å²) in [5.74, 6) is -0.706. The maximum atomic E-state index is 13.1. The first-order valence-electron chi connectivity index (χ1n) is 24.3. The molecule has 0 radical (unpaired) electrons. The van der Waals surface area contributed by atoms with Crippen LogP contribution in [0.2, 0.25) is 0 Å². The van der Waals surface area contributed by atoms with Crippen molar-refractivity contribution in [2.75, 3.05) is 13.2 Å².